The molecule has 0 radical (unpaired) electrons. The van der Waals surface area contributed by atoms with Gasteiger partial charge in [0.1, 0.15) is 0 Å². The third-order valence-corrected chi connectivity index (χ3v) is 3.62. The summed E-state index contributed by atoms with van der Waals surface area (Å²) in [7, 11) is 0. The van der Waals surface area contributed by atoms with E-state index in [0.29, 0.717) is 0 Å². The highest BCUT2D eigenvalue weighted by Crippen LogP contribution is 2.27. The van der Waals surface area contributed by atoms with E-state index in [4.69, 9.17) is 0 Å². The Bertz CT molecular complexity index is 161. The number of nitrogens with one attached hydrogen (secondary N) is 1. The number of rotatable bonds is 2. The minimum Gasteiger partial charge on any atom is -0.315 e. The van der Waals surface area contributed by atoms with Crippen LogP contribution in [0.5, 0.6) is 0 Å². The highest BCUT2D eigenvalue weighted by Gasteiger charge is 2.33. The zero-order chi connectivity index (χ0) is 9.26. The minimum absolute atomic E-state index is 0.836. The van der Waals surface area contributed by atoms with Gasteiger partial charge in [-0.3, -0.25) is 4.90 Å². The van der Waals surface area contributed by atoms with Crippen LogP contribution < -0.4 is 5.32 Å². The highest BCUT2D eigenvalue weighted by molar-refractivity contribution is 4.90. The number of nitrogens with zero attached hydrogens (tertiary/aromatic N) is 1. The van der Waals surface area contributed by atoms with Crippen LogP contribution in [0.3, 0.4) is 0 Å². The van der Waals surface area contributed by atoms with E-state index in [0.717, 1.165) is 18.0 Å². The molecule has 2 nitrogen and oxygen atoms in total. The zero-order valence-corrected chi connectivity index (χ0v) is 8.92. The van der Waals surface area contributed by atoms with Crippen molar-refractivity contribution in [1.82, 2.24) is 10.2 Å². The summed E-state index contributed by atoms with van der Waals surface area (Å²) in [5.41, 5.74) is 0. The summed E-state index contributed by atoms with van der Waals surface area (Å²) >= 11 is 0. The number of hydrogen-bond donors (Lipinski definition) is 1. The highest BCUT2D eigenvalue weighted by atomic mass is 15.2. The molecule has 0 aromatic carbocycles. The Morgan fingerprint density at radius 3 is 2.77 bits per heavy atom. The first-order valence-corrected chi connectivity index (χ1v) is 5.75. The molecule has 0 aromatic heterocycles. The molecule has 2 atom stereocenters. The molecule has 2 aliphatic heterocycles. The van der Waals surface area contributed by atoms with Crippen LogP contribution in [-0.2, 0) is 0 Å². The van der Waals surface area contributed by atoms with Gasteiger partial charge in [-0.15, -0.1) is 0 Å². The maximum atomic E-state index is 3.47. The summed E-state index contributed by atoms with van der Waals surface area (Å²) in [6.07, 6.45) is 4.21. The quantitative estimate of drug-likeness (QED) is 0.695. The van der Waals surface area contributed by atoms with Crippen LogP contribution >= 0.6 is 0 Å². The third-order valence-electron chi connectivity index (χ3n) is 3.62. The van der Waals surface area contributed by atoms with Gasteiger partial charge in [0.2, 0.25) is 0 Å². The summed E-state index contributed by atoms with van der Waals surface area (Å²) in [6.45, 7) is 8.53. The van der Waals surface area contributed by atoms with E-state index >= 15 is 0 Å². The van der Waals surface area contributed by atoms with Crippen molar-refractivity contribution in [3.05, 3.63) is 0 Å². The lowest BCUT2D eigenvalue weighted by Gasteiger charge is -2.32. The molecule has 0 spiro atoms. The Morgan fingerprint density at radius 1 is 1.31 bits per heavy atom. The van der Waals surface area contributed by atoms with Crippen molar-refractivity contribution in [3.8, 4) is 0 Å². The first-order chi connectivity index (χ1) is 6.29. The fraction of sp³-hybridized carbons (Fsp3) is 1.00. The van der Waals surface area contributed by atoms with Crippen molar-refractivity contribution in [3.63, 3.8) is 0 Å². The second kappa shape index (κ2) is 3.97. The maximum absolute atomic E-state index is 3.47. The van der Waals surface area contributed by atoms with Gasteiger partial charge in [-0.05, 0) is 38.3 Å². The molecule has 2 heteroatoms. The average molecular weight is 182 g/mol. The molecule has 76 valence electrons. The normalized spacial score (nSPS) is 36.2. The van der Waals surface area contributed by atoms with Gasteiger partial charge in [-0.1, -0.05) is 13.8 Å². The van der Waals surface area contributed by atoms with Gasteiger partial charge in [-0.2, -0.15) is 0 Å². The molecule has 13 heavy (non-hydrogen) atoms. The predicted molar refractivity (Wildman–Crippen MR) is 55.8 cm³/mol. The summed E-state index contributed by atoms with van der Waals surface area (Å²) < 4.78 is 0. The third kappa shape index (κ3) is 1.89. The molecular weight excluding hydrogens is 160 g/mol. The van der Waals surface area contributed by atoms with E-state index in [9.17, 15) is 0 Å². The van der Waals surface area contributed by atoms with Crippen LogP contribution in [0.15, 0.2) is 0 Å². The van der Waals surface area contributed by atoms with Crippen LogP contribution in [0.25, 0.3) is 0 Å². The number of hydrogen-bond acceptors (Lipinski definition) is 2. The van der Waals surface area contributed by atoms with Gasteiger partial charge in [0, 0.05) is 18.6 Å². The average Bonchev–Trinajstić information content (AvgIpc) is 2.74. The van der Waals surface area contributed by atoms with Crippen molar-refractivity contribution >= 4 is 0 Å². The molecule has 0 unspecified atom stereocenters. The molecule has 2 saturated heterocycles. The monoisotopic (exact) mass is 182 g/mol. The van der Waals surface area contributed by atoms with Gasteiger partial charge in [0.05, 0.1) is 0 Å². The van der Waals surface area contributed by atoms with Crippen LogP contribution in [0, 0.1) is 5.92 Å². The zero-order valence-electron chi connectivity index (χ0n) is 8.92. The van der Waals surface area contributed by atoms with E-state index < -0.39 is 0 Å². The summed E-state index contributed by atoms with van der Waals surface area (Å²) in [4.78, 5) is 2.75. The molecule has 0 bridgehead atoms. The molecule has 2 heterocycles. The predicted octanol–water partition coefficient (Wildman–Crippen LogP) is 1.47. The summed E-state index contributed by atoms with van der Waals surface area (Å²) in [5.74, 6) is 0.836. The molecule has 2 rings (SSSR count). The van der Waals surface area contributed by atoms with E-state index in [1.807, 2.05) is 0 Å². The fourth-order valence-electron chi connectivity index (χ4n) is 2.91. The van der Waals surface area contributed by atoms with Gasteiger partial charge < -0.3 is 5.32 Å². The topological polar surface area (TPSA) is 15.3 Å². The maximum Gasteiger partial charge on any atom is 0.0235 e. The van der Waals surface area contributed by atoms with Crippen LogP contribution in [0.4, 0.5) is 0 Å². The Balaban J connectivity index is 1.96. The second-order valence-electron chi connectivity index (χ2n) is 4.84. The van der Waals surface area contributed by atoms with E-state index in [1.54, 1.807) is 0 Å². The molecular formula is C11H22N2. The Morgan fingerprint density at radius 2 is 2.15 bits per heavy atom. The Labute approximate surface area is 81.7 Å². The van der Waals surface area contributed by atoms with Crippen molar-refractivity contribution in [2.24, 2.45) is 5.92 Å². The van der Waals surface area contributed by atoms with Gasteiger partial charge in [0.15, 0.2) is 0 Å². The van der Waals surface area contributed by atoms with Crippen molar-refractivity contribution in [1.29, 1.82) is 0 Å². The lowest BCUT2D eigenvalue weighted by atomic mass is 10.0. The van der Waals surface area contributed by atoms with Crippen LogP contribution in [0.2, 0.25) is 0 Å². The van der Waals surface area contributed by atoms with Crippen LogP contribution in [0.1, 0.15) is 33.1 Å². The molecule has 2 aliphatic rings. The molecule has 1 N–H and O–H groups in total. The summed E-state index contributed by atoms with van der Waals surface area (Å²) in [5, 5.41) is 3.47. The molecule has 0 aromatic rings. The minimum atomic E-state index is 0.836. The fourth-order valence-corrected chi connectivity index (χ4v) is 2.91. The van der Waals surface area contributed by atoms with E-state index in [2.05, 4.69) is 24.1 Å². The van der Waals surface area contributed by atoms with Gasteiger partial charge >= 0.3 is 0 Å². The van der Waals surface area contributed by atoms with Crippen molar-refractivity contribution in [2.45, 2.75) is 45.2 Å². The van der Waals surface area contributed by atoms with E-state index in [-0.39, 0.29) is 0 Å². The lowest BCUT2D eigenvalue weighted by molar-refractivity contribution is 0.155. The Hall–Kier alpha value is -0.0800. The van der Waals surface area contributed by atoms with Crippen molar-refractivity contribution in [2.75, 3.05) is 19.6 Å². The molecule has 0 amide bonds. The van der Waals surface area contributed by atoms with Crippen LogP contribution in [-0.4, -0.2) is 36.6 Å². The smallest absolute Gasteiger partial charge is 0.0235 e. The van der Waals surface area contributed by atoms with Crippen molar-refractivity contribution < 1.29 is 0 Å². The summed E-state index contributed by atoms with van der Waals surface area (Å²) in [6, 6.07) is 1.71. The standard InChI is InChI=1S/C11H22N2/c1-9(2)11-4-3-7-13(11)10-5-6-12-8-10/h9-12H,3-8H2,1-2H3/t10-,11+/m0/s1. The Kier molecular flexibility index (Phi) is 2.89. The van der Waals surface area contributed by atoms with E-state index in [1.165, 1.54) is 38.9 Å². The number of likely N-dealkylation sites (tertiary alicyclic amines) is 1. The molecule has 0 aliphatic carbocycles. The first-order valence-electron chi connectivity index (χ1n) is 5.75. The second-order valence-corrected chi connectivity index (χ2v) is 4.84. The first kappa shape index (κ1) is 9.47. The molecule has 2 fully saturated rings. The van der Waals surface area contributed by atoms with Gasteiger partial charge in [0.25, 0.3) is 0 Å². The molecule has 0 saturated carbocycles. The SMILES string of the molecule is CC(C)[C@H]1CCCN1[C@H]1CCNC1. The lowest BCUT2D eigenvalue weighted by Crippen LogP contribution is -2.42. The van der Waals surface area contributed by atoms with Gasteiger partial charge in [-0.25, -0.2) is 0 Å². The largest absolute Gasteiger partial charge is 0.315 e.